The van der Waals surface area contributed by atoms with E-state index in [1.54, 1.807) is 24.3 Å². The molecule has 3 aromatic carbocycles. The fourth-order valence-electron chi connectivity index (χ4n) is 3.84. The summed E-state index contributed by atoms with van der Waals surface area (Å²) in [5.41, 5.74) is 3.43. The lowest BCUT2D eigenvalue weighted by Crippen LogP contribution is -2.37. The third-order valence-electron chi connectivity index (χ3n) is 5.50. The molecule has 2 amide bonds. The van der Waals surface area contributed by atoms with Gasteiger partial charge in [-0.05, 0) is 60.5 Å². The van der Waals surface area contributed by atoms with Gasteiger partial charge < -0.3 is 25.2 Å². The first kappa shape index (κ1) is 27.7. The van der Waals surface area contributed by atoms with Crippen molar-refractivity contribution in [2.75, 3.05) is 36.9 Å². The second-order valence-corrected chi connectivity index (χ2v) is 8.90. The van der Waals surface area contributed by atoms with Crippen LogP contribution in [-0.4, -0.2) is 54.2 Å². The summed E-state index contributed by atoms with van der Waals surface area (Å²) in [4.78, 5) is 24.6. The number of nitrogens with zero attached hydrogens (tertiary/aromatic N) is 1. The van der Waals surface area contributed by atoms with Crippen molar-refractivity contribution in [1.82, 2.24) is 4.90 Å². The van der Waals surface area contributed by atoms with Crippen molar-refractivity contribution in [1.29, 1.82) is 0 Å². The molecule has 8 nitrogen and oxygen atoms in total. The predicted molar refractivity (Wildman–Crippen MR) is 145 cm³/mol. The second kappa shape index (κ2) is 14.0. The molecule has 3 rings (SSSR count). The Balaban J connectivity index is 1.54. The molecule has 0 saturated carbocycles. The predicted octanol–water partition coefficient (Wildman–Crippen LogP) is 4.23. The highest BCUT2D eigenvalue weighted by Gasteiger charge is 2.14. The number of hydrogen-bond acceptors (Lipinski definition) is 6. The Morgan fingerprint density at radius 2 is 1.54 bits per heavy atom. The van der Waals surface area contributed by atoms with Crippen molar-refractivity contribution in [3.63, 3.8) is 0 Å². The van der Waals surface area contributed by atoms with E-state index in [0.717, 1.165) is 11.1 Å². The normalized spacial score (nSPS) is 11.6. The van der Waals surface area contributed by atoms with Crippen LogP contribution in [0, 0.1) is 6.92 Å². The number of rotatable bonds is 13. The zero-order valence-corrected chi connectivity index (χ0v) is 21.6. The van der Waals surface area contributed by atoms with Gasteiger partial charge in [0.1, 0.15) is 30.8 Å². The van der Waals surface area contributed by atoms with Crippen LogP contribution in [0.2, 0.25) is 0 Å². The van der Waals surface area contributed by atoms with E-state index in [0.29, 0.717) is 49.1 Å². The lowest BCUT2D eigenvalue weighted by molar-refractivity contribution is -0.115. The average molecular weight is 506 g/mol. The van der Waals surface area contributed by atoms with Crippen LogP contribution in [0.4, 0.5) is 11.4 Å². The molecule has 0 bridgehead atoms. The van der Waals surface area contributed by atoms with Gasteiger partial charge in [-0.25, -0.2) is 0 Å². The SMILES string of the molecule is CC(=O)Nc1ccc(OCCN(Cc2ccccc2)CC(O)COc2ccc(NC(C)=O)cc2C)cc1. The molecule has 0 heterocycles. The highest BCUT2D eigenvalue weighted by Crippen LogP contribution is 2.22. The van der Waals surface area contributed by atoms with Crippen molar-refractivity contribution in [3.05, 3.63) is 83.9 Å². The summed E-state index contributed by atoms with van der Waals surface area (Å²) in [5.74, 6) is 1.11. The summed E-state index contributed by atoms with van der Waals surface area (Å²) in [7, 11) is 0. The number of aryl methyl sites for hydroxylation is 1. The average Bonchev–Trinajstić information content (AvgIpc) is 2.84. The molecule has 0 aliphatic carbocycles. The molecular weight excluding hydrogens is 470 g/mol. The van der Waals surface area contributed by atoms with Crippen LogP contribution in [0.3, 0.4) is 0 Å². The number of anilines is 2. The van der Waals surface area contributed by atoms with Gasteiger partial charge in [-0.15, -0.1) is 0 Å². The molecule has 0 spiro atoms. The van der Waals surface area contributed by atoms with Gasteiger partial charge in [0.25, 0.3) is 0 Å². The van der Waals surface area contributed by atoms with Crippen LogP contribution in [0.25, 0.3) is 0 Å². The fourth-order valence-corrected chi connectivity index (χ4v) is 3.84. The van der Waals surface area contributed by atoms with Crippen LogP contribution in [0.15, 0.2) is 72.8 Å². The van der Waals surface area contributed by atoms with Crippen LogP contribution in [-0.2, 0) is 16.1 Å². The first-order valence-electron chi connectivity index (χ1n) is 12.2. The molecule has 0 fully saturated rings. The van der Waals surface area contributed by atoms with Gasteiger partial charge in [-0.2, -0.15) is 0 Å². The Bertz CT molecular complexity index is 1150. The van der Waals surface area contributed by atoms with Gasteiger partial charge in [-0.3, -0.25) is 14.5 Å². The smallest absolute Gasteiger partial charge is 0.221 e. The first-order chi connectivity index (χ1) is 17.8. The van der Waals surface area contributed by atoms with Gasteiger partial charge in [0, 0.05) is 44.9 Å². The summed E-state index contributed by atoms with van der Waals surface area (Å²) < 4.78 is 11.8. The zero-order chi connectivity index (χ0) is 26.6. The number of amides is 2. The van der Waals surface area contributed by atoms with E-state index in [4.69, 9.17) is 9.47 Å². The molecule has 0 aliphatic rings. The second-order valence-electron chi connectivity index (χ2n) is 8.90. The molecule has 0 aromatic heterocycles. The highest BCUT2D eigenvalue weighted by molar-refractivity contribution is 5.89. The number of carbonyl (C=O) groups excluding carboxylic acids is 2. The van der Waals surface area contributed by atoms with Crippen LogP contribution >= 0.6 is 0 Å². The maximum atomic E-state index is 11.3. The molecule has 3 N–H and O–H groups in total. The Labute approximate surface area is 218 Å². The van der Waals surface area contributed by atoms with Gasteiger partial charge in [-0.1, -0.05) is 30.3 Å². The van der Waals surface area contributed by atoms with Crippen molar-refractivity contribution < 1.29 is 24.2 Å². The van der Waals surface area contributed by atoms with Gasteiger partial charge >= 0.3 is 0 Å². The summed E-state index contributed by atoms with van der Waals surface area (Å²) in [5, 5.41) is 16.2. The maximum absolute atomic E-state index is 11.3. The number of hydrogen-bond donors (Lipinski definition) is 3. The molecule has 3 aromatic rings. The lowest BCUT2D eigenvalue weighted by Gasteiger charge is -2.25. The molecule has 8 heteroatoms. The molecular formula is C29H35N3O5. The van der Waals surface area contributed by atoms with E-state index in [9.17, 15) is 14.7 Å². The summed E-state index contributed by atoms with van der Waals surface area (Å²) in [6.07, 6.45) is -0.713. The number of carbonyl (C=O) groups is 2. The highest BCUT2D eigenvalue weighted by atomic mass is 16.5. The standard InChI is InChI=1S/C29H35N3O5/c1-21-17-26(31-23(3)34)11-14-29(21)37-20-27(35)19-32(18-24-7-5-4-6-8-24)15-16-36-28-12-9-25(10-13-28)30-22(2)33/h4-14,17,27,35H,15-16,18-20H2,1-3H3,(H,30,33)(H,31,34). The van der Waals surface area contributed by atoms with Crippen LogP contribution in [0.1, 0.15) is 25.0 Å². The monoisotopic (exact) mass is 505 g/mol. The Morgan fingerprint density at radius 3 is 2.19 bits per heavy atom. The van der Waals surface area contributed by atoms with Crippen molar-refractivity contribution in [3.8, 4) is 11.5 Å². The Hall–Kier alpha value is -3.88. The number of aliphatic hydroxyl groups is 1. The Morgan fingerprint density at radius 1 is 0.892 bits per heavy atom. The minimum absolute atomic E-state index is 0.120. The van der Waals surface area contributed by atoms with E-state index in [1.807, 2.05) is 43.3 Å². The lowest BCUT2D eigenvalue weighted by atomic mass is 10.2. The molecule has 196 valence electrons. The molecule has 1 unspecified atom stereocenters. The molecule has 37 heavy (non-hydrogen) atoms. The van der Waals surface area contributed by atoms with Gasteiger partial charge in [0.2, 0.25) is 11.8 Å². The van der Waals surface area contributed by atoms with E-state index >= 15 is 0 Å². The molecule has 0 radical (unpaired) electrons. The van der Waals surface area contributed by atoms with Crippen molar-refractivity contribution in [2.45, 2.75) is 33.4 Å². The van der Waals surface area contributed by atoms with Gasteiger partial charge in [0.15, 0.2) is 0 Å². The van der Waals surface area contributed by atoms with E-state index in [-0.39, 0.29) is 18.4 Å². The fraction of sp³-hybridized carbons (Fsp3) is 0.310. The maximum Gasteiger partial charge on any atom is 0.221 e. The molecule has 0 saturated heterocycles. The molecule has 1 atom stereocenters. The minimum Gasteiger partial charge on any atom is -0.492 e. The third-order valence-corrected chi connectivity index (χ3v) is 5.50. The number of aliphatic hydroxyl groups excluding tert-OH is 1. The van der Waals surface area contributed by atoms with Crippen LogP contribution in [0.5, 0.6) is 11.5 Å². The van der Waals surface area contributed by atoms with E-state index in [1.165, 1.54) is 13.8 Å². The zero-order valence-electron chi connectivity index (χ0n) is 21.6. The van der Waals surface area contributed by atoms with Crippen molar-refractivity contribution >= 4 is 23.2 Å². The topological polar surface area (TPSA) is 100 Å². The summed E-state index contributed by atoms with van der Waals surface area (Å²) in [6.45, 7) is 7.07. The minimum atomic E-state index is -0.713. The van der Waals surface area contributed by atoms with Crippen LogP contribution < -0.4 is 20.1 Å². The molecule has 0 aliphatic heterocycles. The van der Waals surface area contributed by atoms with Gasteiger partial charge in [0.05, 0.1) is 0 Å². The first-order valence-corrected chi connectivity index (χ1v) is 12.2. The summed E-state index contributed by atoms with van der Waals surface area (Å²) in [6, 6.07) is 22.7. The number of nitrogens with one attached hydrogen (secondary N) is 2. The number of ether oxygens (including phenoxy) is 2. The van der Waals surface area contributed by atoms with Crippen molar-refractivity contribution in [2.24, 2.45) is 0 Å². The Kier molecular flexibility index (Phi) is 10.5. The quantitative estimate of drug-likeness (QED) is 0.321. The third kappa shape index (κ3) is 9.95. The van der Waals surface area contributed by atoms with E-state index < -0.39 is 6.10 Å². The largest absolute Gasteiger partial charge is 0.492 e. The summed E-state index contributed by atoms with van der Waals surface area (Å²) >= 11 is 0. The van der Waals surface area contributed by atoms with E-state index in [2.05, 4.69) is 27.7 Å². The number of benzene rings is 3.